The van der Waals surface area contributed by atoms with E-state index < -0.39 is 23.7 Å². The number of rotatable bonds is 8. The lowest BCUT2D eigenvalue weighted by molar-refractivity contribution is -0.122. The van der Waals surface area contributed by atoms with Gasteiger partial charge in [0.1, 0.15) is 17.6 Å². The van der Waals surface area contributed by atoms with Gasteiger partial charge >= 0.3 is 0 Å². The van der Waals surface area contributed by atoms with Crippen LogP contribution in [0.4, 0.5) is 4.39 Å². The van der Waals surface area contributed by atoms with Crippen LogP contribution in [0.2, 0.25) is 0 Å². The Hall–Kier alpha value is -3.67. The molecule has 2 N–H and O–H groups in total. The number of methoxy groups -OCH3 is 1. The molecule has 164 valence electrons. The molecule has 3 aromatic carbocycles. The summed E-state index contributed by atoms with van der Waals surface area (Å²) in [5.74, 6) is -0.798. The standard InChI is InChI=1S/C26H25FN2O3/c1-32-23-10-6-5-9-21(23)26(31)29(24(25(28)30)18-7-3-2-4-8-18)16-20-15-19(17-11-12-17)13-14-22(20)27/h2-10,13-15,17,24H,11-12,16H2,1H3,(H2,28,30)/t24-/m1/s1. The molecule has 32 heavy (non-hydrogen) atoms. The van der Waals surface area contributed by atoms with E-state index in [9.17, 15) is 14.0 Å². The highest BCUT2D eigenvalue weighted by Crippen LogP contribution is 2.40. The summed E-state index contributed by atoms with van der Waals surface area (Å²) in [5, 5.41) is 0. The van der Waals surface area contributed by atoms with Crippen LogP contribution in [0, 0.1) is 5.82 Å². The molecule has 0 heterocycles. The fourth-order valence-corrected chi connectivity index (χ4v) is 3.96. The minimum Gasteiger partial charge on any atom is -0.496 e. The van der Waals surface area contributed by atoms with Crippen LogP contribution in [0.5, 0.6) is 5.75 Å². The van der Waals surface area contributed by atoms with E-state index in [1.165, 1.54) is 18.1 Å². The van der Waals surface area contributed by atoms with Crippen molar-refractivity contribution in [1.29, 1.82) is 0 Å². The molecular formula is C26H25FN2O3. The van der Waals surface area contributed by atoms with Gasteiger partial charge in [0, 0.05) is 5.56 Å². The Labute approximate surface area is 186 Å². The maximum atomic E-state index is 14.8. The van der Waals surface area contributed by atoms with E-state index in [1.807, 2.05) is 6.07 Å². The average Bonchev–Trinajstić information content (AvgIpc) is 3.65. The number of benzene rings is 3. The van der Waals surface area contributed by atoms with Crippen molar-refractivity contribution >= 4 is 11.8 Å². The number of hydrogen-bond donors (Lipinski definition) is 1. The number of primary amides is 1. The third-order valence-electron chi connectivity index (χ3n) is 5.75. The molecule has 1 atom stereocenters. The Balaban J connectivity index is 1.80. The Morgan fingerprint density at radius 3 is 2.41 bits per heavy atom. The normalized spacial score (nSPS) is 13.9. The summed E-state index contributed by atoms with van der Waals surface area (Å²) in [6, 6.07) is 19.5. The number of carbonyl (C=O) groups is 2. The van der Waals surface area contributed by atoms with Crippen LogP contribution in [0.25, 0.3) is 0 Å². The zero-order valence-electron chi connectivity index (χ0n) is 17.8. The summed E-state index contributed by atoms with van der Waals surface area (Å²) in [5.41, 5.74) is 8.00. The summed E-state index contributed by atoms with van der Waals surface area (Å²) in [6.45, 7) is -0.105. The Morgan fingerprint density at radius 2 is 1.75 bits per heavy atom. The predicted octanol–water partition coefficient (Wildman–Crippen LogP) is 4.58. The number of halogens is 1. The van der Waals surface area contributed by atoms with Crippen molar-refractivity contribution in [3.8, 4) is 5.75 Å². The third-order valence-corrected chi connectivity index (χ3v) is 5.75. The van der Waals surface area contributed by atoms with Crippen LogP contribution in [0.15, 0.2) is 72.8 Å². The van der Waals surface area contributed by atoms with Gasteiger partial charge in [-0.25, -0.2) is 4.39 Å². The number of amides is 2. The molecule has 1 saturated carbocycles. The number of nitrogens with two attached hydrogens (primary N) is 1. The molecule has 5 nitrogen and oxygen atoms in total. The highest BCUT2D eigenvalue weighted by atomic mass is 19.1. The maximum Gasteiger partial charge on any atom is 0.258 e. The van der Waals surface area contributed by atoms with E-state index in [1.54, 1.807) is 60.7 Å². The first-order valence-corrected chi connectivity index (χ1v) is 10.6. The van der Waals surface area contributed by atoms with Crippen molar-refractivity contribution in [3.63, 3.8) is 0 Å². The second kappa shape index (κ2) is 9.22. The molecule has 0 aromatic heterocycles. The molecular weight excluding hydrogens is 407 g/mol. The Morgan fingerprint density at radius 1 is 1.06 bits per heavy atom. The lowest BCUT2D eigenvalue weighted by Crippen LogP contribution is -2.41. The van der Waals surface area contributed by atoms with Gasteiger partial charge in [-0.15, -0.1) is 0 Å². The molecule has 0 spiro atoms. The second-order valence-corrected chi connectivity index (χ2v) is 7.97. The quantitative estimate of drug-likeness (QED) is 0.566. The summed E-state index contributed by atoms with van der Waals surface area (Å²) in [6.07, 6.45) is 2.14. The van der Waals surface area contributed by atoms with Gasteiger partial charge in [0.25, 0.3) is 5.91 Å². The predicted molar refractivity (Wildman–Crippen MR) is 120 cm³/mol. The van der Waals surface area contributed by atoms with Gasteiger partial charge in [0.15, 0.2) is 0 Å². The summed E-state index contributed by atoms with van der Waals surface area (Å²) < 4.78 is 20.2. The largest absolute Gasteiger partial charge is 0.496 e. The molecule has 1 aliphatic carbocycles. The molecule has 0 bridgehead atoms. The lowest BCUT2D eigenvalue weighted by atomic mass is 10.0. The minimum absolute atomic E-state index is 0.105. The van der Waals surface area contributed by atoms with Crippen LogP contribution in [-0.4, -0.2) is 23.8 Å². The fraction of sp³-hybridized carbons (Fsp3) is 0.231. The van der Waals surface area contributed by atoms with Crippen molar-refractivity contribution in [3.05, 3.63) is 101 Å². The van der Waals surface area contributed by atoms with E-state index in [-0.39, 0.29) is 12.1 Å². The number of nitrogens with zero attached hydrogens (tertiary/aromatic N) is 1. The molecule has 2 amide bonds. The molecule has 3 aromatic rings. The van der Waals surface area contributed by atoms with E-state index >= 15 is 0 Å². The molecule has 0 saturated heterocycles. The molecule has 1 aliphatic rings. The molecule has 4 rings (SSSR count). The van der Waals surface area contributed by atoms with Gasteiger partial charge in [0.2, 0.25) is 5.91 Å². The van der Waals surface area contributed by atoms with Gasteiger partial charge < -0.3 is 15.4 Å². The van der Waals surface area contributed by atoms with Gasteiger partial charge in [-0.05, 0) is 48.1 Å². The summed E-state index contributed by atoms with van der Waals surface area (Å²) in [7, 11) is 1.47. The topological polar surface area (TPSA) is 72.6 Å². The van der Waals surface area contributed by atoms with Gasteiger partial charge in [-0.2, -0.15) is 0 Å². The molecule has 0 aliphatic heterocycles. The van der Waals surface area contributed by atoms with Crippen LogP contribution in [0.3, 0.4) is 0 Å². The Kier molecular flexibility index (Phi) is 6.21. The smallest absolute Gasteiger partial charge is 0.258 e. The summed E-state index contributed by atoms with van der Waals surface area (Å²) >= 11 is 0. The number of ether oxygens (including phenoxy) is 1. The number of carbonyl (C=O) groups excluding carboxylic acids is 2. The minimum atomic E-state index is -1.07. The van der Waals surface area contributed by atoms with Crippen molar-refractivity contribution in [2.45, 2.75) is 31.3 Å². The molecule has 0 unspecified atom stereocenters. The van der Waals surface area contributed by atoms with Gasteiger partial charge in [0.05, 0.1) is 19.2 Å². The van der Waals surface area contributed by atoms with Crippen molar-refractivity contribution in [2.24, 2.45) is 5.73 Å². The molecule has 0 radical (unpaired) electrons. The lowest BCUT2D eigenvalue weighted by Gasteiger charge is -2.31. The fourth-order valence-electron chi connectivity index (χ4n) is 3.96. The van der Waals surface area contributed by atoms with Crippen molar-refractivity contribution < 1.29 is 18.7 Å². The van der Waals surface area contributed by atoms with E-state index in [2.05, 4.69) is 0 Å². The Bertz CT molecular complexity index is 1130. The van der Waals surface area contributed by atoms with E-state index in [4.69, 9.17) is 10.5 Å². The zero-order valence-corrected chi connectivity index (χ0v) is 17.8. The maximum absolute atomic E-state index is 14.8. The van der Waals surface area contributed by atoms with Crippen LogP contribution in [-0.2, 0) is 11.3 Å². The number of para-hydroxylation sites is 1. The third kappa shape index (κ3) is 4.49. The second-order valence-electron chi connectivity index (χ2n) is 7.97. The van der Waals surface area contributed by atoms with E-state index in [0.29, 0.717) is 22.8 Å². The SMILES string of the molecule is COc1ccccc1C(=O)N(Cc1cc(C2CC2)ccc1F)[C@@H](C(N)=O)c1ccccc1. The first kappa shape index (κ1) is 21.6. The van der Waals surface area contributed by atoms with Crippen molar-refractivity contribution in [2.75, 3.05) is 7.11 Å². The highest BCUT2D eigenvalue weighted by Gasteiger charge is 2.33. The van der Waals surface area contributed by atoms with Gasteiger partial charge in [-0.3, -0.25) is 9.59 Å². The molecule has 6 heteroatoms. The van der Waals surface area contributed by atoms with Gasteiger partial charge in [-0.1, -0.05) is 54.6 Å². The molecule has 1 fully saturated rings. The zero-order chi connectivity index (χ0) is 22.7. The first-order valence-electron chi connectivity index (χ1n) is 10.6. The van der Waals surface area contributed by atoms with Crippen LogP contribution in [0.1, 0.15) is 51.8 Å². The van der Waals surface area contributed by atoms with Crippen molar-refractivity contribution in [1.82, 2.24) is 4.90 Å². The first-order chi connectivity index (χ1) is 15.5. The highest BCUT2D eigenvalue weighted by molar-refractivity contribution is 5.99. The van der Waals surface area contributed by atoms with E-state index in [0.717, 1.165) is 18.4 Å². The monoisotopic (exact) mass is 432 g/mol. The number of hydrogen-bond acceptors (Lipinski definition) is 3. The van der Waals surface area contributed by atoms with Crippen LogP contribution >= 0.6 is 0 Å². The summed E-state index contributed by atoms with van der Waals surface area (Å²) in [4.78, 5) is 27.6. The average molecular weight is 432 g/mol. The van der Waals surface area contributed by atoms with Crippen LogP contribution < -0.4 is 10.5 Å².